The van der Waals surface area contributed by atoms with Gasteiger partial charge >= 0.3 is 5.97 Å². The Morgan fingerprint density at radius 3 is 2.81 bits per heavy atom. The predicted molar refractivity (Wildman–Crippen MR) is 81.4 cm³/mol. The molecule has 1 amide bonds. The van der Waals surface area contributed by atoms with Gasteiger partial charge in [0.05, 0.1) is 7.11 Å². The number of carbonyl (C=O) groups is 2. The Morgan fingerprint density at radius 1 is 1.38 bits per heavy atom. The van der Waals surface area contributed by atoms with Crippen molar-refractivity contribution in [2.75, 3.05) is 25.5 Å². The van der Waals surface area contributed by atoms with Gasteiger partial charge in [-0.2, -0.15) is 0 Å². The molecule has 0 aromatic heterocycles. The van der Waals surface area contributed by atoms with E-state index in [1.54, 1.807) is 0 Å². The van der Waals surface area contributed by atoms with Gasteiger partial charge in [0.2, 0.25) is 0 Å². The number of hydrogen-bond donors (Lipinski definition) is 1. The van der Waals surface area contributed by atoms with Crippen LogP contribution >= 0.6 is 0 Å². The third-order valence-electron chi connectivity index (χ3n) is 3.70. The fourth-order valence-corrected chi connectivity index (χ4v) is 2.47. The summed E-state index contributed by atoms with van der Waals surface area (Å²) in [4.78, 5) is 25.6. The maximum atomic E-state index is 12.6. The minimum Gasteiger partial charge on any atom is -0.468 e. The molecule has 1 aliphatic rings. The molecule has 1 aliphatic heterocycles. The zero-order valence-corrected chi connectivity index (χ0v) is 12.8. The van der Waals surface area contributed by atoms with Crippen molar-refractivity contribution in [1.82, 2.24) is 4.90 Å². The summed E-state index contributed by atoms with van der Waals surface area (Å²) < 4.78 is 4.66. The second kappa shape index (κ2) is 6.61. The summed E-state index contributed by atoms with van der Waals surface area (Å²) in [6, 6.07) is 5.62. The Kier molecular flexibility index (Phi) is 4.83. The van der Waals surface area contributed by atoms with Gasteiger partial charge in [-0.3, -0.25) is 9.59 Å². The van der Waals surface area contributed by atoms with Gasteiger partial charge in [-0.05, 0) is 50.5 Å². The Balaban J connectivity index is 2.22. The Morgan fingerprint density at radius 2 is 2.14 bits per heavy atom. The highest BCUT2D eigenvalue weighted by Crippen LogP contribution is 2.23. The lowest BCUT2D eigenvalue weighted by atomic mass is 10.00. The number of rotatable bonds is 4. The van der Waals surface area contributed by atoms with Gasteiger partial charge in [0.1, 0.15) is 6.54 Å². The molecule has 5 nitrogen and oxygen atoms in total. The molecule has 114 valence electrons. The second-order valence-electron chi connectivity index (χ2n) is 5.51. The van der Waals surface area contributed by atoms with Crippen LogP contribution in [0.4, 0.5) is 5.69 Å². The maximum Gasteiger partial charge on any atom is 0.325 e. The lowest BCUT2D eigenvalue weighted by Crippen LogP contribution is -2.41. The third kappa shape index (κ3) is 3.54. The van der Waals surface area contributed by atoms with E-state index < -0.39 is 5.97 Å². The van der Waals surface area contributed by atoms with Crippen molar-refractivity contribution in [2.24, 2.45) is 0 Å². The molecule has 0 fully saturated rings. The van der Waals surface area contributed by atoms with Gasteiger partial charge in [-0.1, -0.05) is 0 Å². The van der Waals surface area contributed by atoms with E-state index in [1.807, 2.05) is 32.0 Å². The van der Waals surface area contributed by atoms with Crippen LogP contribution < -0.4 is 5.32 Å². The van der Waals surface area contributed by atoms with Gasteiger partial charge in [-0.15, -0.1) is 0 Å². The Hall–Kier alpha value is -2.04. The van der Waals surface area contributed by atoms with E-state index in [0.717, 1.165) is 30.6 Å². The van der Waals surface area contributed by atoms with E-state index >= 15 is 0 Å². The van der Waals surface area contributed by atoms with Crippen molar-refractivity contribution in [2.45, 2.75) is 32.7 Å². The average molecular weight is 290 g/mol. The van der Waals surface area contributed by atoms with Gasteiger partial charge in [0, 0.05) is 23.8 Å². The molecule has 21 heavy (non-hydrogen) atoms. The average Bonchev–Trinajstić information content (AvgIpc) is 2.50. The van der Waals surface area contributed by atoms with Crippen molar-refractivity contribution in [3.63, 3.8) is 0 Å². The normalized spacial score (nSPS) is 13.3. The molecule has 0 spiro atoms. The minimum absolute atomic E-state index is 0.0255. The minimum atomic E-state index is -0.406. The fourth-order valence-electron chi connectivity index (χ4n) is 2.47. The number of anilines is 1. The fraction of sp³-hybridized carbons (Fsp3) is 0.500. The molecule has 0 radical (unpaired) electrons. The van der Waals surface area contributed by atoms with Crippen LogP contribution in [0.1, 0.15) is 36.2 Å². The molecule has 0 unspecified atom stereocenters. The summed E-state index contributed by atoms with van der Waals surface area (Å²) >= 11 is 0. The monoisotopic (exact) mass is 290 g/mol. The van der Waals surface area contributed by atoms with E-state index in [4.69, 9.17) is 0 Å². The number of aryl methyl sites for hydroxylation is 1. The van der Waals surface area contributed by atoms with E-state index in [9.17, 15) is 9.59 Å². The van der Waals surface area contributed by atoms with Crippen molar-refractivity contribution in [1.29, 1.82) is 0 Å². The molecule has 0 atom stereocenters. The number of fused-ring (bicyclic) bond motifs is 1. The molecule has 1 aromatic carbocycles. The number of benzene rings is 1. The molecule has 1 heterocycles. The molecule has 1 N–H and O–H groups in total. The summed E-state index contributed by atoms with van der Waals surface area (Å²) in [7, 11) is 1.33. The van der Waals surface area contributed by atoms with Crippen LogP contribution in [0.5, 0.6) is 0 Å². The number of hydrogen-bond acceptors (Lipinski definition) is 4. The van der Waals surface area contributed by atoms with Crippen molar-refractivity contribution >= 4 is 17.6 Å². The lowest BCUT2D eigenvalue weighted by molar-refractivity contribution is -0.141. The number of amides is 1. The molecule has 0 aliphatic carbocycles. The van der Waals surface area contributed by atoms with Gasteiger partial charge in [-0.25, -0.2) is 0 Å². The lowest BCUT2D eigenvalue weighted by Gasteiger charge is -2.26. The van der Waals surface area contributed by atoms with Gasteiger partial charge in [0.15, 0.2) is 0 Å². The largest absolute Gasteiger partial charge is 0.468 e. The van der Waals surface area contributed by atoms with E-state index in [0.29, 0.717) is 5.56 Å². The molecule has 2 rings (SSSR count). The first-order chi connectivity index (χ1) is 10.0. The smallest absolute Gasteiger partial charge is 0.325 e. The molecule has 1 aromatic rings. The maximum absolute atomic E-state index is 12.6. The molecule has 5 heteroatoms. The first kappa shape index (κ1) is 15.4. The summed E-state index contributed by atoms with van der Waals surface area (Å²) in [5.41, 5.74) is 2.88. The molecule has 0 saturated heterocycles. The highest BCUT2D eigenvalue weighted by atomic mass is 16.5. The van der Waals surface area contributed by atoms with Crippen LogP contribution in [0, 0.1) is 0 Å². The number of esters is 1. The van der Waals surface area contributed by atoms with Crippen LogP contribution in [-0.2, 0) is 16.0 Å². The summed E-state index contributed by atoms with van der Waals surface area (Å²) in [6.07, 6.45) is 2.04. The van der Waals surface area contributed by atoms with Gasteiger partial charge < -0.3 is 15.0 Å². The number of nitrogens with one attached hydrogen (secondary N) is 1. The number of carbonyl (C=O) groups excluding carboxylic acids is 2. The summed E-state index contributed by atoms with van der Waals surface area (Å²) in [6.45, 7) is 4.73. The predicted octanol–water partition coefficient (Wildman–Crippen LogP) is 2.07. The van der Waals surface area contributed by atoms with Crippen molar-refractivity contribution in [3.8, 4) is 0 Å². The number of methoxy groups -OCH3 is 1. The van der Waals surface area contributed by atoms with E-state index in [1.165, 1.54) is 12.0 Å². The van der Waals surface area contributed by atoms with E-state index in [-0.39, 0.29) is 18.5 Å². The highest BCUT2D eigenvalue weighted by molar-refractivity contribution is 5.96. The zero-order chi connectivity index (χ0) is 15.4. The zero-order valence-electron chi connectivity index (χ0n) is 12.8. The Labute approximate surface area is 125 Å². The standard InChI is InChI=1S/C16H22N2O3/c1-11(2)18(10-15(19)21-3)16(20)13-6-7-14-12(9-13)5-4-8-17-14/h6-7,9,11,17H,4-5,8,10H2,1-3H3. The number of nitrogens with zero attached hydrogens (tertiary/aromatic N) is 1. The molecule has 0 bridgehead atoms. The van der Waals surface area contributed by atoms with Crippen molar-refractivity contribution in [3.05, 3.63) is 29.3 Å². The topological polar surface area (TPSA) is 58.6 Å². The first-order valence-electron chi connectivity index (χ1n) is 7.27. The van der Waals surface area contributed by atoms with Crippen LogP contribution in [0.3, 0.4) is 0 Å². The van der Waals surface area contributed by atoms with Gasteiger partial charge in [0.25, 0.3) is 5.91 Å². The van der Waals surface area contributed by atoms with E-state index in [2.05, 4.69) is 10.1 Å². The van der Waals surface area contributed by atoms with Crippen LogP contribution in [0.2, 0.25) is 0 Å². The SMILES string of the molecule is COC(=O)CN(C(=O)c1ccc2c(c1)CCCN2)C(C)C. The highest BCUT2D eigenvalue weighted by Gasteiger charge is 2.23. The quantitative estimate of drug-likeness (QED) is 0.862. The van der Waals surface area contributed by atoms with Crippen LogP contribution in [0.25, 0.3) is 0 Å². The first-order valence-corrected chi connectivity index (χ1v) is 7.27. The molecular weight excluding hydrogens is 268 g/mol. The second-order valence-corrected chi connectivity index (χ2v) is 5.51. The van der Waals surface area contributed by atoms with Crippen LogP contribution in [0.15, 0.2) is 18.2 Å². The van der Waals surface area contributed by atoms with Crippen LogP contribution in [-0.4, -0.2) is 43.0 Å². The Bertz CT molecular complexity index is 540. The summed E-state index contributed by atoms with van der Waals surface area (Å²) in [5.74, 6) is -0.541. The number of ether oxygens (including phenoxy) is 1. The molecule has 0 saturated carbocycles. The molecular formula is C16H22N2O3. The van der Waals surface area contributed by atoms with Crippen molar-refractivity contribution < 1.29 is 14.3 Å². The summed E-state index contributed by atoms with van der Waals surface area (Å²) in [5, 5.41) is 3.32. The third-order valence-corrected chi connectivity index (χ3v) is 3.70.